The van der Waals surface area contributed by atoms with Crippen molar-refractivity contribution in [2.24, 2.45) is 5.73 Å². The number of hydrogen-bond acceptors (Lipinski definition) is 6. The molecule has 1 heterocycles. The van der Waals surface area contributed by atoms with Gasteiger partial charge in [-0.25, -0.2) is 4.79 Å². The lowest BCUT2D eigenvalue weighted by Gasteiger charge is -2.29. The van der Waals surface area contributed by atoms with E-state index in [4.69, 9.17) is 15.6 Å². The lowest BCUT2D eigenvalue weighted by Crippen LogP contribution is -2.37. The highest BCUT2D eigenvalue weighted by Gasteiger charge is 2.28. The van der Waals surface area contributed by atoms with Gasteiger partial charge in [0.05, 0.1) is 17.9 Å². The summed E-state index contributed by atoms with van der Waals surface area (Å²) in [4.78, 5) is 37.5. The molecule has 1 aliphatic heterocycles. The summed E-state index contributed by atoms with van der Waals surface area (Å²) in [6.45, 7) is 5.35. The number of nitrogens with zero attached hydrogens (tertiary/aromatic N) is 1. The van der Waals surface area contributed by atoms with Gasteiger partial charge in [0.1, 0.15) is 11.6 Å². The van der Waals surface area contributed by atoms with Crippen LogP contribution in [0.5, 0.6) is 0 Å². The summed E-state index contributed by atoms with van der Waals surface area (Å²) in [5.74, 6) is -1.44. The van der Waals surface area contributed by atoms with E-state index >= 15 is 0 Å². The highest BCUT2D eigenvalue weighted by atomic mass is 32.2. The minimum absolute atomic E-state index is 0.0762. The minimum Gasteiger partial charge on any atom is -0.481 e. The molecule has 1 aliphatic rings. The van der Waals surface area contributed by atoms with Crippen LogP contribution >= 0.6 is 11.8 Å². The number of aliphatic carboxylic acids is 1. The van der Waals surface area contributed by atoms with Crippen LogP contribution in [0, 0.1) is 0 Å². The van der Waals surface area contributed by atoms with E-state index in [1.807, 2.05) is 0 Å². The highest BCUT2D eigenvalue weighted by molar-refractivity contribution is 8.00. The second-order valence-corrected chi connectivity index (χ2v) is 7.73. The van der Waals surface area contributed by atoms with Gasteiger partial charge in [-0.1, -0.05) is 6.07 Å². The molecule has 0 fully saturated rings. The molecule has 0 bridgehead atoms. The zero-order valence-electron chi connectivity index (χ0n) is 14.4. The molecule has 8 heteroatoms. The molecule has 1 unspecified atom stereocenters. The van der Waals surface area contributed by atoms with Crippen LogP contribution in [-0.2, 0) is 19.1 Å². The van der Waals surface area contributed by atoms with Crippen LogP contribution in [0.3, 0.4) is 0 Å². The van der Waals surface area contributed by atoms with Crippen molar-refractivity contribution < 1.29 is 24.2 Å². The third-order valence-electron chi connectivity index (χ3n) is 3.50. The average Bonchev–Trinajstić information content (AvgIpc) is 2.50. The first-order valence-corrected chi connectivity index (χ1v) is 8.84. The molecule has 136 valence electrons. The Kier molecular flexibility index (Phi) is 5.74. The number of amides is 1. The van der Waals surface area contributed by atoms with Gasteiger partial charge in [0.15, 0.2) is 0 Å². The summed E-state index contributed by atoms with van der Waals surface area (Å²) in [6.07, 6.45) is -0.155. The number of carbonyl (C=O) groups excluding carboxylic acids is 2. The maximum atomic E-state index is 12.2. The van der Waals surface area contributed by atoms with E-state index in [0.717, 1.165) is 4.90 Å². The normalized spacial score (nSPS) is 15.5. The third kappa shape index (κ3) is 4.96. The predicted molar refractivity (Wildman–Crippen MR) is 94.5 cm³/mol. The quantitative estimate of drug-likeness (QED) is 0.766. The number of carbonyl (C=O) groups is 3. The van der Waals surface area contributed by atoms with Crippen molar-refractivity contribution in [1.29, 1.82) is 0 Å². The fourth-order valence-corrected chi connectivity index (χ4v) is 3.28. The number of fused-ring (bicyclic) bond motifs is 1. The van der Waals surface area contributed by atoms with E-state index in [1.54, 1.807) is 39.0 Å². The Balaban J connectivity index is 2.28. The van der Waals surface area contributed by atoms with Crippen LogP contribution in [0.1, 0.15) is 38.8 Å². The second-order valence-electron chi connectivity index (χ2n) is 6.72. The fourth-order valence-electron chi connectivity index (χ4n) is 2.37. The van der Waals surface area contributed by atoms with Crippen LogP contribution in [0.2, 0.25) is 0 Å². The van der Waals surface area contributed by atoms with Crippen molar-refractivity contribution in [2.75, 3.05) is 17.2 Å². The van der Waals surface area contributed by atoms with E-state index in [1.165, 1.54) is 16.7 Å². The first kappa shape index (κ1) is 19.3. The lowest BCUT2D eigenvalue weighted by atomic mass is 10.1. The number of nitrogens with two attached hydrogens (primary N) is 1. The predicted octanol–water partition coefficient (Wildman–Crippen LogP) is 1.94. The van der Waals surface area contributed by atoms with Crippen molar-refractivity contribution in [3.63, 3.8) is 0 Å². The van der Waals surface area contributed by atoms with Gasteiger partial charge >= 0.3 is 11.9 Å². The molecule has 0 saturated carbocycles. The maximum absolute atomic E-state index is 12.2. The summed E-state index contributed by atoms with van der Waals surface area (Å²) >= 11 is 1.38. The number of carboxylic acid groups (broad SMARTS) is 1. The number of esters is 1. The van der Waals surface area contributed by atoms with Crippen LogP contribution in [0.25, 0.3) is 0 Å². The van der Waals surface area contributed by atoms with Gasteiger partial charge in [-0.15, -0.1) is 11.8 Å². The molecule has 3 N–H and O–H groups in total. The van der Waals surface area contributed by atoms with Gasteiger partial charge in [0.2, 0.25) is 5.91 Å². The Labute approximate surface area is 150 Å². The molecule has 1 amide bonds. The van der Waals surface area contributed by atoms with Crippen molar-refractivity contribution in [1.82, 2.24) is 0 Å². The first-order chi connectivity index (χ1) is 11.6. The van der Waals surface area contributed by atoms with Gasteiger partial charge in [-0.2, -0.15) is 0 Å². The number of hydrogen-bond donors (Lipinski definition) is 2. The highest BCUT2D eigenvalue weighted by Crippen LogP contribution is 2.37. The number of anilines is 1. The zero-order chi connectivity index (χ0) is 18.8. The Bertz CT molecular complexity index is 699. The van der Waals surface area contributed by atoms with E-state index in [2.05, 4.69) is 0 Å². The number of thioether (sulfide) groups is 1. The van der Waals surface area contributed by atoms with Gasteiger partial charge in [-0.05, 0) is 38.5 Å². The van der Waals surface area contributed by atoms with Gasteiger partial charge in [0.25, 0.3) is 0 Å². The summed E-state index contributed by atoms with van der Waals surface area (Å²) in [5, 5.41) is 8.88. The molecule has 7 nitrogen and oxygen atoms in total. The molecule has 1 aromatic carbocycles. The van der Waals surface area contributed by atoms with Crippen molar-refractivity contribution in [3.8, 4) is 0 Å². The Morgan fingerprint density at radius 1 is 1.40 bits per heavy atom. The Hall–Kier alpha value is -2.06. The van der Waals surface area contributed by atoms with Crippen molar-refractivity contribution in [2.45, 2.75) is 43.7 Å². The van der Waals surface area contributed by atoms with Gasteiger partial charge in [0, 0.05) is 11.4 Å². The SMILES string of the molecule is CC(C)(C)OC(=O)C(N)c1ccc2c(c1)N(CCC(=O)O)C(=O)CS2. The molecule has 0 aromatic heterocycles. The Morgan fingerprint density at radius 3 is 2.68 bits per heavy atom. The average molecular weight is 366 g/mol. The molecular formula is C17H22N2O5S. The first-order valence-electron chi connectivity index (χ1n) is 7.86. The van der Waals surface area contributed by atoms with E-state index < -0.39 is 23.6 Å². The van der Waals surface area contributed by atoms with Crippen molar-refractivity contribution >= 4 is 35.3 Å². The second kappa shape index (κ2) is 7.45. The summed E-state index contributed by atoms with van der Waals surface area (Å²) in [7, 11) is 0. The summed E-state index contributed by atoms with van der Waals surface area (Å²) in [5.41, 5.74) is 6.45. The largest absolute Gasteiger partial charge is 0.481 e. The number of ether oxygens (including phenoxy) is 1. The molecule has 0 spiro atoms. The zero-order valence-corrected chi connectivity index (χ0v) is 15.3. The molecule has 0 aliphatic carbocycles. The lowest BCUT2D eigenvalue weighted by molar-refractivity contribution is -0.156. The van der Waals surface area contributed by atoms with Crippen LogP contribution in [0.15, 0.2) is 23.1 Å². The summed E-state index contributed by atoms with van der Waals surface area (Å²) < 4.78 is 5.30. The van der Waals surface area contributed by atoms with E-state index in [9.17, 15) is 14.4 Å². The van der Waals surface area contributed by atoms with Crippen LogP contribution in [0.4, 0.5) is 5.69 Å². The molecule has 1 aromatic rings. The van der Waals surface area contributed by atoms with Crippen molar-refractivity contribution in [3.05, 3.63) is 23.8 Å². The molecule has 0 saturated heterocycles. The minimum atomic E-state index is -0.979. The third-order valence-corrected chi connectivity index (χ3v) is 4.54. The van der Waals surface area contributed by atoms with Crippen LogP contribution < -0.4 is 10.6 Å². The molecule has 1 atom stereocenters. The standard InChI is InChI=1S/C17H22N2O5S/c1-17(2,3)24-16(23)15(18)10-4-5-12-11(8-10)19(7-6-14(21)22)13(20)9-25-12/h4-5,8,15H,6-7,9,18H2,1-3H3,(H,21,22). The Morgan fingerprint density at radius 2 is 2.08 bits per heavy atom. The number of benzene rings is 1. The summed E-state index contributed by atoms with van der Waals surface area (Å²) in [6, 6.07) is 4.20. The van der Waals surface area contributed by atoms with E-state index in [0.29, 0.717) is 11.3 Å². The number of carboxylic acids is 1. The monoisotopic (exact) mass is 366 g/mol. The fraction of sp³-hybridized carbons (Fsp3) is 0.471. The molecule has 2 rings (SSSR count). The topological polar surface area (TPSA) is 110 Å². The molecule has 25 heavy (non-hydrogen) atoms. The number of rotatable bonds is 5. The molecule has 0 radical (unpaired) electrons. The van der Waals surface area contributed by atoms with Gasteiger partial charge < -0.3 is 20.5 Å². The smallest absolute Gasteiger partial charge is 0.328 e. The molecular weight excluding hydrogens is 344 g/mol. The van der Waals surface area contributed by atoms with E-state index in [-0.39, 0.29) is 24.6 Å². The maximum Gasteiger partial charge on any atom is 0.328 e. The van der Waals surface area contributed by atoms with Crippen LogP contribution in [-0.4, -0.2) is 40.9 Å². The van der Waals surface area contributed by atoms with Gasteiger partial charge in [-0.3, -0.25) is 9.59 Å².